The number of methoxy groups -OCH3 is 2. The number of hydrogen-bond donors (Lipinski definition) is 1. The van der Waals surface area contributed by atoms with Gasteiger partial charge in [-0.25, -0.2) is 9.79 Å². The molecule has 39 heavy (non-hydrogen) atoms. The van der Waals surface area contributed by atoms with E-state index in [-0.39, 0.29) is 24.3 Å². The van der Waals surface area contributed by atoms with E-state index in [0.717, 1.165) is 16.5 Å². The molecule has 2 aromatic carbocycles. The number of aromatic amines is 1. The lowest BCUT2D eigenvalue weighted by molar-refractivity contribution is -0.140. The van der Waals surface area contributed by atoms with Crippen molar-refractivity contribution >= 4 is 34.3 Å². The standard InChI is InChI=1S/C29H29N3O6S/c1-5-37-26-20(10-8-12-22(26)36-4)25-24(28(34)38-14-13-35-3)17(2)31-29-32(25)27(33)23(39-29)15-18-16-30-21-11-7-6-9-19(18)21/h6-12,15-16,25,30H,5,13-14H2,1-4H3/b23-15+/t25-/m0/s1. The molecule has 202 valence electrons. The van der Waals surface area contributed by atoms with Crippen LogP contribution in [-0.4, -0.2) is 49.6 Å². The smallest absolute Gasteiger partial charge is 0.338 e. The summed E-state index contributed by atoms with van der Waals surface area (Å²) in [5.41, 5.74) is 2.92. The maximum absolute atomic E-state index is 14.0. The first-order valence-electron chi connectivity index (χ1n) is 12.5. The van der Waals surface area contributed by atoms with Crippen molar-refractivity contribution in [3.05, 3.63) is 90.7 Å². The average Bonchev–Trinajstić information content (AvgIpc) is 3.48. The van der Waals surface area contributed by atoms with Gasteiger partial charge in [0.1, 0.15) is 12.6 Å². The molecule has 0 aliphatic carbocycles. The number of ether oxygens (including phenoxy) is 4. The molecule has 1 aliphatic rings. The number of allylic oxidation sites excluding steroid dienone is 1. The molecule has 0 radical (unpaired) electrons. The summed E-state index contributed by atoms with van der Waals surface area (Å²) in [7, 11) is 3.08. The van der Waals surface area contributed by atoms with Gasteiger partial charge in [-0.3, -0.25) is 9.36 Å². The molecule has 1 atom stereocenters. The molecule has 0 spiro atoms. The molecule has 0 saturated heterocycles. The van der Waals surface area contributed by atoms with Gasteiger partial charge in [0.15, 0.2) is 16.3 Å². The maximum Gasteiger partial charge on any atom is 0.338 e. The molecule has 0 fully saturated rings. The zero-order valence-corrected chi connectivity index (χ0v) is 23.0. The van der Waals surface area contributed by atoms with Crippen LogP contribution in [0.4, 0.5) is 0 Å². The number of H-pyrrole nitrogens is 1. The summed E-state index contributed by atoms with van der Waals surface area (Å²) in [5.74, 6) is 0.377. The second kappa shape index (κ2) is 11.3. The number of hydrogen-bond acceptors (Lipinski definition) is 8. The number of fused-ring (bicyclic) bond motifs is 2. The van der Waals surface area contributed by atoms with Gasteiger partial charge in [-0.1, -0.05) is 41.7 Å². The van der Waals surface area contributed by atoms with E-state index in [1.807, 2.05) is 55.6 Å². The van der Waals surface area contributed by atoms with E-state index < -0.39 is 12.0 Å². The lowest BCUT2D eigenvalue weighted by Crippen LogP contribution is -2.40. The molecule has 1 N–H and O–H groups in total. The fourth-order valence-corrected chi connectivity index (χ4v) is 5.77. The molecule has 1 aliphatic heterocycles. The normalized spacial score (nSPS) is 15.3. The zero-order valence-electron chi connectivity index (χ0n) is 22.1. The average molecular weight is 548 g/mol. The van der Waals surface area contributed by atoms with Crippen molar-refractivity contribution in [2.24, 2.45) is 4.99 Å². The topological polar surface area (TPSA) is 104 Å². The summed E-state index contributed by atoms with van der Waals surface area (Å²) in [6.45, 7) is 4.30. The zero-order chi connectivity index (χ0) is 27.5. The number of nitrogens with zero attached hydrogens (tertiary/aromatic N) is 2. The first-order valence-corrected chi connectivity index (χ1v) is 13.3. The Balaban J connectivity index is 1.74. The molecular formula is C29H29N3O6S. The number of nitrogens with one attached hydrogen (secondary N) is 1. The van der Waals surface area contributed by atoms with Gasteiger partial charge in [-0.15, -0.1) is 0 Å². The van der Waals surface area contributed by atoms with Gasteiger partial charge < -0.3 is 23.9 Å². The number of rotatable bonds is 9. The molecule has 0 saturated carbocycles. The van der Waals surface area contributed by atoms with Crippen LogP contribution < -0.4 is 24.4 Å². The van der Waals surface area contributed by atoms with Crippen LogP contribution in [0.15, 0.2) is 69.7 Å². The third-order valence-electron chi connectivity index (χ3n) is 6.48. The fourth-order valence-electron chi connectivity index (χ4n) is 4.73. The van der Waals surface area contributed by atoms with Gasteiger partial charge in [-0.05, 0) is 32.1 Å². The molecule has 0 unspecified atom stereocenters. The van der Waals surface area contributed by atoms with Crippen molar-refractivity contribution in [2.75, 3.05) is 34.0 Å². The lowest BCUT2D eigenvalue weighted by atomic mass is 9.94. The number of benzene rings is 2. The first-order chi connectivity index (χ1) is 19.0. The number of carbonyl (C=O) groups excluding carboxylic acids is 1. The van der Waals surface area contributed by atoms with E-state index in [0.29, 0.717) is 38.7 Å². The quantitative estimate of drug-likeness (QED) is 0.255. The van der Waals surface area contributed by atoms with Crippen LogP contribution in [0.1, 0.15) is 31.0 Å². The van der Waals surface area contributed by atoms with Gasteiger partial charge in [0, 0.05) is 35.3 Å². The highest BCUT2D eigenvalue weighted by Gasteiger charge is 2.36. The van der Waals surface area contributed by atoms with E-state index in [1.165, 1.54) is 18.4 Å². The van der Waals surface area contributed by atoms with Crippen molar-refractivity contribution in [3.63, 3.8) is 0 Å². The van der Waals surface area contributed by atoms with E-state index in [4.69, 9.17) is 18.9 Å². The van der Waals surface area contributed by atoms with E-state index in [9.17, 15) is 9.59 Å². The Morgan fingerprint density at radius 2 is 1.97 bits per heavy atom. The fraction of sp³-hybridized carbons (Fsp3) is 0.276. The van der Waals surface area contributed by atoms with Crippen LogP contribution in [0.5, 0.6) is 11.5 Å². The van der Waals surface area contributed by atoms with Crippen LogP contribution in [0.3, 0.4) is 0 Å². The van der Waals surface area contributed by atoms with Crippen molar-refractivity contribution in [1.29, 1.82) is 0 Å². The highest BCUT2D eigenvalue weighted by atomic mass is 32.1. The molecule has 0 amide bonds. The van der Waals surface area contributed by atoms with Crippen molar-refractivity contribution in [2.45, 2.75) is 19.9 Å². The second-order valence-corrected chi connectivity index (χ2v) is 9.82. The minimum Gasteiger partial charge on any atom is -0.493 e. The first kappa shape index (κ1) is 26.5. The Kier molecular flexibility index (Phi) is 7.67. The van der Waals surface area contributed by atoms with Crippen LogP contribution in [0.2, 0.25) is 0 Å². The maximum atomic E-state index is 14.0. The van der Waals surface area contributed by atoms with Crippen LogP contribution >= 0.6 is 11.3 Å². The number of thiazole rings is 1. The van der Waals surface area contributed by atoms with E-state index >= 15 is 0 Å². The Morgan fingerprint density at radius 1 is 1.15 bits per heavy atom. The van der Waals surface area contributed by atoms with Gasteiger partial charge in [0.25, 0.3) is 5.56 Å². The van der Waals surface area contributed by atoms with Crippen LogP contribution in [0.25, 0.3) is 17.0 Å². The number of esters is 1. The second-order valence-electron chi connectivity index (χ2n) is 8.81. The van der Waals surface area contributed by atoms with Gasteiger partial charge >= 0.3 is 5.97 Å². The Labute approximate surface area is 228 Å². The third kappa shape index (κ3) is 4.88. The third-order valence-corrected chi connectivity index (χ3v) is 7.47. The summed E-state index contributed by atoms with van der Waals surface area (Å²) >= 11 is 1.27. The molecule has 9 nitrogen and oxygen atoms in total. The monoisotopic (exact) mass is 547 g/mol. The predicted octanol–water partition coefficient (Wildman–Crippen LogP) is 3.31. The summed E-state index contributed by atoms with van der Waals surface area (Å²) in [4.78, 5) is 35.8. The summed E-state index contributed by atoms with van der Waals surface area (Å²) in [6.07, 6.45) is 3.73. The summed E-state index contributed by atoms with van der Waals surface area (Å²) in [6, 6.07) is 12.5. The van der Waals surface area contributed by atoms with Gasteiger partial charge in [0.05, 0.1) is 36.1 Å². The Morgan fingerprint density at radius 3 is 2.74 bits per heavy atom. The SMILES string of the molecule is CCOc1c(OC)cccc1[C@H]1C(C(=O)OCCOC)=C(C)N=c2s/c(=C/c3c[nH]c4ccccc34)c(=O)n21. The predicted molar refractivity (Wildman–Crippen MR) is 149 cm³/mol. The molecular weight excluding hydrogens is 518 g/mol. The van der Waals surface area contributed by atoms with E-state index in [2.05, 4.69) is 9.98 Å². The Bertz CT molecular complexity index is 1750. The van der Waals surface area contributed by atoms with Gasteiger partial charge in [-0.2, -0.15) is 0 Å². The van der Waals surface area contributed by atoms with Crippen molar-refractivity contribution in [3.8, 4) is 11.5 Å². The molecule has 2 aromatic heterocycles. The molecule has 3 heterocycles. The lowest BCUT2D eigenvalue weighted by Gasteiger charge is -2.27. The van der Waals surface area contributed by atoms with Crippen molar-refractivity contribution in [1.82, 2.24) is 9.55 Å². The molecule has 4 aromatic rings. The summed E-state index contributed by atoms with van der Waals surface area (Å²) < 4.78 is 24.2. The van der Waals surface area contributed by atoms with E-state index in [1.54, 1.807) is 24.7 Å². The Hall–Kier alpha value is -4.15. The largest absolute Gasteiger partial charge is 0.493 e. The van der Waals surface area contributed by atoms with Crippen LogP contribution in [0, 0.1) is 0 Å². The summed E-state index contributed by atoms with van der Waals surface area (Å²) in [5, 5.41) is 1.00. The number of para-hydroxylation sites is 2. The van der Waals surface area contributed by atoms with Crippen LogP contribution in [-0.2, 0) is 14.3 Å². The minimum atomic E-state index is -0.835. The van der Waals surface area contributed by atoms with Crippen molar-refractivity contribution < 1.29 is 23.7 Å². The highest BCUT2D eigenvalue weighted by Crippen LogP contribution is 2.40. The minimum absolute atomic E-state index is 0.0697. The number of aromatic nitrogens is 2. The van der Waals surface area contributed by atoms with Gasteiger partial charge in [0.2, 0.25) is 0 Å². The molecule has 0 bridgehead atoms. The number of carbonyl (C=O) groups is 1. The highest BCUT2D eigenvalue weighted by molar-refractivity contribution is 7.07. The molecule has 5 rings (SSSR count). The molecule has 10 heteroatoms.